The van der Waals surface area contributed by atoms with Gasteiger partial charge in [-0.2, -0.15) is 4.98 Å². The molecule has 5 nitrogen and oxygen atoms in total. The SMILES string of the molecule is CCC1(C)CSC(=NCc2noc(C)n2)N1. The van der Waals surface area contributed by atoms with E-state index in [0.717, 1.165) is 17.3 Å². The van der Waals surface area contributed by atoms with Crippen LogP contribution in [0.15, 0.2) is 9.52 Å². The molecule has 88 valence electrons. The van der Waals surface area contributed by atoms with Crippen LogP contribution in [0, 0.1) is 6.92 Å². The summed E-state index contributed by atoms with van der Waals surface area (Å²) in [5.41, 5.74) is 0.177. The van der Waals surface area contributed by atoms with E-state index < -0.39 is 0 Å². The molecule has 1 aromatic heterocycles. The van der Waals surface area contributed by atoms with Crippen molar-refractivity contribution in [3.8, 4) is 0 Å². The molecule has 0 aliphatic carbocycles. The molecule has 1 aliphatic heterocycles. The maximum absolute atomic E-state index is 4.88. The first-order valence-corrected chi connectivity index (χ1v) is 6.34. The number of rotatable bonds is 3. The zero-order valence-electron chi connectivity index (χ0n) is 9.78. The minimum atomic E-state index is 0.177. The summed E-state index contributed by atoms with van der Waals surface area (Å²) in [7, 11) is 0. The molecule has 2 rings (SSSR count). The fraction of sp³-hybridized carbons (Fsp3) is 0.700. The Labute approximate surface area is 99.1 Å². The van der Waals surface area contributed by atoms with Crippen LogP contribution in [0.4, 0.5) is 0 Å². The lowest BCUT2D eigenvalue weighted by Crippen LogP contribution is -2.39. The first kappa shape index (κ1) is 11.4. The van der Waals surface area contributed by atoms with Crippen molar-refractivity contribution in [1.82, 2.24) is 15.5 Å². The van der Waals surface area contributed by atoms with Gasteiger partial charge in [-0.25, -0.2) is 0 Å². The monoisotopic (exact) mass is 240 g/mol. The molecule has 1 aliphatic rings. The second kappa shape index (κ2) is 4.45. The number of hydrogen-bond acceptors (Lipinski definition) is 5. The predicted octanol–water partition coefficient (Wildman–Crippen LogP) is 1.74. The minimum Gasteiger partial charge on any atom is -0.359 e. The lowest BCUT2D eigenvalue weighted by Gasteiger charge is -2.20. The molecule has 1 aromatic rings. The lowest BCUT2D eigenvalue weighted by atomic mass is 10.0. The van der Waals surface area contributed by atoms with Gasteiger partial charge in [-0.05, 0) is 13.3 Å². The molecule has 0 aromatic carbocycles. The average molecular weight is 240 g/mol. The highest BCUT2D eigenvalue weighted by Crippen LogP contribution is 2.25. The Kier molecular flexibility index (Phi) is 3.18. The highest BCUT2D eigenvalue weighted by atomic mass is 32.2. The predicted molar refractivity (Wildman–Crippen MR) is 64.5 cm³/mol. The van der Waals surface area contributed by atoms with E-state index >= 15 is 0 Å². The number of hydrogen-bond donors (Lipinski definition) is 1. The van der Waals surface area contributed by atoms with Crippen LogP contribution in [0.1, 0.15) is 32.0 Å². The van der Waals surface area contributed by atoms with Crippen LogP contribution in [0.25, 0.3) is 0 Å². The molecule has 0 spiro atoms. The van der Waals surface area contributed by atoms with E-state index in [4.69, 9.17) is 4.52 Å². The average Bonchev–Trinajstić information content (AvgIpc) is 2.83. The molecular weight excluding hydrogens is 224 g/mol. The number of nitrogens with one attached hydrogen (secondary N) is 1. The van der Waals surface area contributed by atoms with Crippen molar-refractivity contribution in [2.45, 2.75) is 39.3 Å². The number of aliphatic imine (C=N–C) groups is 1. The van der Waals surface area contributed by atoms with Crippen molar-refractivity contribution in [2.75, 3.05) is 5.75 Å². The van der Waals surface area contributed by atoms with Crippen LogP contribution in [-0.4, -0.2) is 26.6 Å². The third-order valence-corrected chi connectivity index (χ3v) is 3.94. The first-order chi connectivity index (χ1) is 7.61. The number of nitrogens with zero attached hydrogens (tertiary/aromatic N) is 3. The smallest absolute Gasteiger partial charge is 0.223 e. The summed E-state index contributed by atoms with van der Waals surface area (Å²) in [6.45, 7) is 6.65. The van der Waals surface area contributed by atoms with E-state index in [9.17, 15) is 0 Å². The summed E-state index contributed by atoms with van der Waals surface area (Å²) in [5.74, 6) is 2.28. The molecule has 1 saturated heterocycles. The van der Waals surface area contributed by atoms with Crippen LogP contribution >= 0.6 is 11.8 Å². The fourth-order valence-corrected chi connectivity index (χ4v) is 2.59. The molecule has 0 bridgehead atoms. The highest BCUT2D eigenvalue weighted by molar-refractivity contribution is 8.14. The summed E-state index contributed by atoms with van der Waals surface area (Å²) < 4.78 is 4.88. The van der Waals surface area contributed by atoms with Crippen molar-refractivity contribution in [2.24, 2.45) is 4.99 Å². The molecule has 0 saturated carbocycles. The highest BCUT2D eigenvalue weighted by Gasteiger charge is 2.30. The maximum atomic E-state index is 4.88. The van der Waals surface area contributed by atoms with Crippen LogP contribution in [-0.2, 0) is 6.54 Å². The van der Waals surface area contributed by atoms with E-state index in [1.807, 2.05) is 0 Å². The second-order valence-electron chi connectivity index (χ2n) is 4.18. The van der Waals surface area contributed by atoms with Crippen molar-refractivity contribution in [3.05, 3.63) is 11.7 Å². The molecule has 0 radical (unpaired) electrons. The third-order valence-electron chi connectivity index (χ3n) is 2.65. The quantitative estimate of drug-likeness (QED) is 0.872. The van der Waals surface area contributed by atoms with Gasteiger partial charge in [0.25, 0.3) is 0 Å². The maximum Gasteiger partial charge on any atom is 0.223 e. The first-order valence-electron chi connectivity index (χ1n) is 5.36. The van der Waals surface area contributed by atoms with Crippen LogP contribution in [0.2, 0.25) is 0 Å². The zero-order valence-corrected chi connectivity index (χ0v) is 10.6. The molecule has 2 heterocycles. The van der Waals surface area contributed by atoms with Crippen molar-refractivity contribution in [3.63, 3.8) is 0 Å². The van der Waals surface area contributed by atoms with Crippen molar-refractivity contribution < 1.29 is 4.52 Å². The van der Waals surface area contributed by atoms with Crippen LogP contribution < -0.4 is 5.32 Å². The van der Waals surface area contributed by atoms with Gasteiger partial charge in [0.05, 0.1) is 0 Å². The van der Waals surface area contributed by atoms with Gasteiger partial charge in [-0.1, -0.05) is 23.8 Å². The standard InChI is InChI=1S/C10H16N4OS/c1-4-10(3)6-16-9(13-10)11-5-8-12-7(2)15-14-8/h4-6H2,1-3H3,(H,11,13). The summed E-state index contributed by atoms with van der Waals surface area (Å²) >= 11 is 1.75. The molecule has 1 atom stereocenters. The van der Waals surface area contributed by atoms with Gasteiger partial charge in [0.2, 0.25) is 5.89 Å². The van der Waals surface area contributed by atoms with E-state index in [1.165, 1.54) is 0 Å². The number of thioether (sulfide) groups is 1. The molecule has 6 heteroatoms. The zero-order chi connectivity index (χ0) is 11.6. The van der Waals surface area contributed by atoms with Gasteiger partial charge in [0, 0.05) is 18.2 Å². The van der Waals surface area contributed by atoms with Gasteiger partial charge in [0.1, 0.15) is 6.54 Å². The molecular formula is C10H16N4OS. The summed E-state index contributed by atoms with van der Waals surface area (Å²) in [4.78, 5) is 8.54. The summed E-state index contributed by atoms with van der Waals surface area (Å²) in [6.07, 6.45) is 1.10. The second-order valence-corrected chi connectivity index (χ2v) is 5.14. The molecule has 1 fully saturated rings. The molecule has 0 amide bonds. The minimum absolute atomic E-state index is 0.177. The van der Waals surface area contributed by atoms with Crippen LogP contribution in [0.5, 0.6) is 0 Å². The van der Waals surface area contributed by atoms with E-state index in [-0.39, 0.29) is 5.54 Å². The van der Waals surface area contributed by atoms with Crippen LogP contribution in [0.3, 0.4) is 0 Å². The Morgan fingerprint density at radius 3 is 3.00 bits per heavy atom. The normalized spacial score (nSPS) is 27.3. The van der Waals surface area contributed by atoms with Gasteiger partial charge in [0.15, 0.2) is 11.0 Å². The van der Waals surface area contributed by atoms with Gasteiger partial charge in [-0.3, -0.25) is 4.99 Å². The molecule has 1 N–H and O–H groups in total. The van der Waals surface area contributed by atoms with Crippen molar-refractivity contribution in [1.29, 1.82) is 0 Å². The van der Waals surface area contributed by atoms with Gasteiger partial charge >= 0.3 is 0 Å². The summed E-state index contributed by atoms with van der Waals surface area (Å²) in [6, 6.07) is 0. The van der Waals surface area contributed by atoms with E-state index in [2.05, 4.69) is 34.3 Å². The Bertz CT molecular complexity index is 403. The Hall–Kier alpha value is -1.04. The number of aromatic nitrogens is 2. The van der Waals surface area contributed by atoms with Crippen molar-refractivity contribution >= 4 is 16.9 Å². The lowest BCUT2D eigenvalue weighted by molar-refractivity contribution is 0.387. The summed E-state index contributed by atoms with van der Waals surface area (Å²) in [5, 5.41) is 8.20. The molecule has 1 unspecified atom stereocenters. The van der Waals surface area contributed by atoms with Gasteiger partial charge < -0.3 is 9.84 Å². The van der Waals surface area contributed by atoms with Gasteiger partial charge in [-0.15, -0.1) is 0 Å². The number of amidine groups is 1. The van der Waals surface area contributed by atoms with E-state index in [1.54, 1.807) is 18.7 Å². The topological polar surface area (TPSA) is 63.3 Å². The molecule has 16 heavy (non-hydrogen) atoms. The number of aryl methyl sites for hydroxylation is 1. The van der Waals surface area contributed by atoms with E-state index in [0.29, 0.717) is 18.3 Å². The third kappa shape index (κ3) is 2.55. The Morgan fingerprint density at radius 2 is 2.44 bits per heavy atom. The Morgan fingerprint density at radius 1 is 1.62 bits per heavy atom. The largest absolute Gasteiger partial charge is 0.359 e. The fourth-order valence-electron chi connectivity index (χ4n) is 1.38. The Balaban J connectivity index is 1.95.